The zero-order valence-electron chi connectivity index (χ0n) is 37.2. The lowest BCUT2D eigenvalue weighted by atomic mass is 9.63. The van der Waals surface area contributed by atoms with Crippen LogP contribution in [0.3, 0.4) is 0 Å². The molecule has 8 aromatic rings. The van der Waals surface area contributed by atoms with Crippen molar-refractivity contribution < 1.29 is 28.8 Å². The first-order valence-electron chi connectivity index (χ1n) is 22.8. The molecular formula is C60H58O6. The highest BCUT2D eigenvalue weighted by Gasteiger charge is 2.52. The lowest BCUT2D eigenvalue weighted by Crippen LogP contribution is -2.59. The minimum Gasteiger partial charge on any atom is -0.389 e. The van der Waals surface area contributed by atoms with Crippen LogP contribution in [0.5, 0.6) is 0 Å². The fourth-order valence-corrected chi connectivity index (χ4v) is 8.70. The molecule has 0 saturated heterocycles. The Kier molecular flexibility index (Phi) is 16.9. The number of aliphatic hydroxyl groups excluding tert-OH is 1. The Balaban J connectivity index is 1.31. The topological polar surface area (TPSA) is 66.4 Å². The zero-order chi connectivity index (χ0) is 45.1. The van der Waals surface area contributed by atoms with Gasteiger partial charge in [0.1, 0.15) is 30.5 Å². The van der Waals surface area contributed by atoms with Crippen LogP contribution in [-0.2, 0) is 62.1 Å². The van der Waals surface area contributed by atoms with E-state index in [1.807, 2.05) is 182 Å². The van der Waals surface area contributed by atoms with Gasteiger partial charge in [0, 0.05) is 0 Å². The van der Waals surface area contributed by atoms with Gasteiger partial charge in [0.15, 0.2) is 0 Å². The standard InChI is InChI=1S/C60H58O6/c61-59(60(52-35-19-6-20-36-52,53-37-21-7-22-38-53)54-39-23-8-24-40-54)58(66-45-51-33-17-5-18-34-51)57(65-44-50-31-15-4-16-32-50)56(64-43-49-29-13-3-14-30-49)55(63-42-48-27-11-2-12-28-48)46-62-41-47-25-9-1-10-26-47/h1-40,55-59,61H,41-46H2/t55-,56-,57+,58+,59?/m1/s1. The summed E-state index contributed by atoms with van der Waals surface area (Å²) >= 11 is 0. The van der Waals surface area contributed by atoms with Crippen molar-refractivity contribution in [2.24, 2.45) is 0 Å². The van der Waals surface area contributed by atoms with E-state index in [0.717, 1.165) is 44.5 Å². The van der Waals surface area contributed by atoms with Crippen molar-refractivity contribution in [2.45, 2.75) is 69.0 Å². The first-order chi connectivity index (χ1) is 32.7. The normalized spacial score (nSPS) is 13.9. The highest BCUT2D eigenvalue weighted by atomic mass is 16.6. The molecule has 5 atom stereocenters. The van der Waals surface area contributed by atoms with Crippen molar-refractivity contribution in [2.75, 3.05) is 6.61 Å². The molecule has 334 valence electrons. The average molecular weight is 875 g/mol. The Morgan fingerprint density at radius 2 is 0.576 bits per heavy atom. The van der Waals surface area contributed by atoms with E-state index in [-0.39, 0.29) is 33.0 Å². The molecule has 0 bridgehead atoms. The van der Waals surface area contributed by atoms with Gasteiger partial charge in [0.25, 0.3) is 0 Å². The summed E-state index contributed by atoms with van der Waals surface area (Å²) in [5, 5.41) is 14.0. The molecule has 0 spiro atoms. The second-order valence-electron chi connectivity index (χ2n) is 16.5. The summed E-state index contributed by atoms with van der Waals surface area (Å²) in [5.74, 6) is 0. The maximum Gasteiger partial charge on any atom is 0.115 e. The number of hydrogen-bond donors (Lipinski definition) is 1. The van der Waals surface area contributed by atoms with Crippen LogP contribution in [0.4, 0.5) is 0 Å². The molecule has 0 amide bonds. The first kappa shape index (κ1) is 46.1. The summed E-state index contributed by atoms with van der Waals surface area (Å²) in [4.78, 5) is 0. The fourth-order valence-electron chi connectivity index (χ4n) is 8.70. The minimum atomic E-state index is -1.27. The lowest BCUT2D eigenvalue weighted by molar-refractivity contribution is -0.219. The molecule has 0 saturated carbocycles. The Bertz CT molecular complexity index is 2430. The van der Waals surface area contributed by atoms with Gasteiger partial charge in [-0.15, -0.1) is 0 Å². The van der Waals surface area contributed by atoms with Gasteiger partial charge < -0.3 is 28.8 Å². The van der Waals surface area contributed by atoms with Crippen molar-refractivity contribution >= 4 is 0 Å². The molecule has 0 aromatic heterocycles. The van der Waals surface area contributed by atoms with Crippen molar-refractivity contribution in [3.05, 3.63) is 287 Å². The van der Waals surface area contributed by atoms with Crippen LogP contribution in [0.2, 0.25) is 0 Å². The van der Waals surface area contributed by atoms with Gasteiger partial charge in [0.2, 0.25) is 0 Å². The molecule has 8 aromatic carbocycles. The first-order valence-corrected chi connectivity index (χ1v) is 22.8. The van der Waals surface area contributed by atoms with Crippen LogP contribution in [0.25, 0.3) is 0 Å². The fraction of sp³-hybridized carbons (Fsp3) is 0.200. The Labute approximate surface area is 390 Å². The molecule has 66 heavy (non-hydrogen) atoms. The summed E-state index contributed by atoms with van der Waals surface area (Å²) in [5.41, 5.74) is 6.46. The van der Waals surface area contributed by atoms with Crippen LogP contribution in [-0.4, -0.2) is 42.2 Å². The highest BCUT2D eigenvalue weighted by molar-refractivity contribution is 5.52. The largest absolute Gasteiger partial charge is 0.389 e. The molecule has 8 rings (SSSR count). The summed E-state index contributed by atoms with van der Waals surface area (Å²) < 4.78 is 35.4. The maximum atomic E-state index is 14.0. The third kappa shape index (κ3) is 12.0. The molecule has 0 heterocycles. The van der Waals surface area contributed by atoms with Gasteiger partial charge in [-0.05, 0) is 44.5 Å². The van der Waals surface area contributed by atoms with Crippen molar-refractivity contribution in [1.82, 2.24) is 0 Å². The zero-order valence-corrected chi connectivity index (χ0v) is 37.2. The van der Waals surface area contributed by atoms with Crippen LogP contribution >= 0.6 is 0 Å². The Hall–Kier alpha value is -6.48. The number of hydrogen-bond acceptors (Lipinski definition) is 6. The third-order valence-electron chi connectivity index (χ3n) is 12.0. The summed E-state index contributed by atoms with van der Waals surface area (Å²) in [6.45, 7) is 1.45. The minimum absolute atomic E-state index is 0.162. The van der Waals surface area contributed by atoms with E-state index >= 15 is 0 Å². The molecule has 6 nitrogen and oxygen atoms in total. The SMILES string of the molecule is OC([C@@H](OCc1ccccc1)[C@@H](OCc1ccccc1)[C@H](OCc1ccccc1)[C@@H](COCc1ccccc1)OCc1ccccc1)C(c1ccccc1)(c1ccccc1)c1ccccc1. The number of aliphatic hydroxyl groups is 1. The molecule has 0 aliphatic heterocycles. The van der Waals surface area contributed by atoms with Crippen molar-refractivity contribution in [3.63, 3.8) is 0 Å². The Morgan fingerprint density at radius 3 is 0.924 bits per heavy atom. The van der Waals surface area contributed by atoms with Gasteiger partial charge in [-0.2, -0.15) is 0 Å². The predicted molar refractivity (Wildman–Crippen MR) is 261 cm³/mol. The molecule has 1 N–H and O–H groups in total. The summed E-state index contributed by atoms with van der Waals surface area (Å²) in [6.07, 6.45) is -4.79. The van der Waals surface area contributed by atoms with E-state index < -0.39 is 35.9 Å². The summed E-state index contributed by atoms with van der Waals surface area (Å²) in [6, 6.07) is 81.2. The van der Waals surface area contributed by atoms with Gasteiger partial charge >= 0.3 is 0 Å². The molecular weight excluding hydrogens is 817 g/mol. The molecule has 0 radical (unpaired) electrons. The van der Waals surface area contributed by atoms with E-state index in [9.17, 15) is 5.11 Å². The maximum absolute atomic E-state index is 14.0. The van der Waals surface area contributed by atoms with E-state index in [2.05, 4.69) is 60.7 Å². The quantitative estimate of drug-likeness (QED) is 0.0610. The van der Waals surface area contributed by atoms with Gasteiger partial charge in [0.05, 0.1) is 45.1 Å². The highest BCUT2D eigenvalue weighted by Crippen LogP contribution is 2.45. The monoisotopic (exact) mass is 874 g/mol. The molecule has 1 unspecified atom stereocenters. The number of rotatable bonds is 24. The smallest absolute Gasteiger partial charge is 0.115 e. The second-order valence-corrected chi connectivity index (χ2v) is 16.5. The van der Waals surface area contributed by atoms with Crippen LogP contribution < -0.4 is 0 Å². The molecule has 0 fully saturated rings. The lowest BCUT2D eigenvalue weighted by Gasteiger charge is -2.46. The molecule has 0 aliphatic carbocycles. The van der Waals surface area contributed by atoms with E-state index in [1.54, 1.807) is 0 Å². The van der Waals surface area contributed by atoms with E-state index in [4.69, 9.17) is 23.7 Å². The third-order valence-corrected chi connectivity index (χ3v) is 12.0. The van der Waals surface area contributed by atoms with Crippen LogP contribution in [0, 0.1) is 0 Å². The number of ether oxygens (including phenoxy) is 5. The summed E-state index contributed by atoms with van der Waals surface area (Å²) in [7, 11) is 0. The van der Waals surface area contributed by atoms with Gasteiger partial charge in [-0.25, -0.2) is 0 Å². The van der Waals surface area contributed by atoms with Gasteiger partial charge in [-0.1, -0.05) is 243 Å². The molecule has 0 aliphatic rings. The number of benzene rings is 8. The molecule has 6 heteroatoms. The van der Waals surface area contributed by atoms with Crippen LogP contribution in [0.15, 0.2) is 243 Å². The second kappa shape index (κ2) is 24.2. The van der Waals surface area contributed by atoms with Crippen molar-refractivity contribution in [1.29, 1.82) is 0 Å². The average Bonchev–Trinajstić information content (AvgIpc) is 3.39. The van der Waals surface area contributed by atoms with Crippen LogP contribution in [0.1, 0.15) is 44.5 Å². The van der Waals surface area contributed by atoms with Crippen molar-refractivity contribution in [3.8, 4) is 0 Å². The Morgan fingerprint density at radius 1 is 0.303 bits per heavy atom. The van der Waals surface area contributed by atoms with Gasteiger partial charge in [-0.3, -0.25) is 0 Å². The van der Waals surface area contributed by atoms with E-state index in [1.165, 1.54) is 0 Å². The van der Waals surface area contributed by atoms with E-state index in [0.29, 0.717) is 6.61 Å². The predicted octanol–water partition coefficient (Wildman–Crippen LogP) is 11.9.